The van der Waals surface area contributed by atoms with E-state index in [1.807, 2.05) is 0 Å². The maximum atomic E-state index is 4.67. The smallest absolute Gasteiger partial charge is 0.0767 e. The molecule has 0 unspecified atom stereocenters. The van der Waals surface area contributed by atoms with Crippen LogP contribution in [0.4, 0.5) is 0 Å². The van der Waals surface area contributed by atoms with Gasteiger partial charge in [-0.1, -0.05) is 28.9 Å². The van der Waals surface area contributed by atoms with Gasteiger partial charge in [0.2, 0.25) is 0 Å². The Morgan fingerprint density at radius 3 is 2.67 bits per heavy atom. The third-order valence-electron chi connectivity index (χ3n) is 3.75. The molecule has 3 aromatic rings. The molecule has 21 heavy (non-hydrogen) atoms. The highest BCUT2D eigenvalue weighted by Gasteiger charge is 2.15. The molecule has 0 N–H and O–H groups in total. The number of hydrogen-bond donors (Lipinski definition) is 0. The van der Waals surface area contributed by atoms with Gasteiger partial charge in [-0.25, -0.2) is 0 Å². The van der Waals surface area contributed by atoms with Crippen molar-refractivity contribution >= 4 is 42.8 Å². The largest absolute Gasteiger partial charge is 0.341 e. The SMILES string of the molecule is CCc1nn(CC)c(Cn2ccc3ccc(Br)cc32)c1Br. The summed E-state index contributed by atoms with van der Waals surface area (Å²) in [7, 11) is 0. The fourth-order valence-corrected chi connectivity index (χ4v) is 3.66. The lowest BCUT2D eigenvalue weighted by Crippen LogP contribution is -2.07. The molecule has 3 nitrogen and oxygen atoms in total. The van der Waals surface area contributed by atoms with Gasteiger partial charge in [-0.15, -0.1) is 0 Å². The van der Waals surface area contributed by atoms with Crippen LogP contribution >= 0.6 is 31.9 Å². The Balaban J connectivity index is 2.06. The minimum Gasteiger partial charge on any atom is -0.341 e. The zero-order valence-corrected chi connectivity index (χ0v) is 15.3. The van der Waals surface area contributed by atoms with Gasteiger partial charge in [0.05, 0.1) is 22.4 Å². The Bertz CT molecular complexity index is 786. The van der Waals surface area contributed by atoms with E-state index in [1.54, 1.807) is 0 Å². The van der Waals surface area contributed by atoms with Crippen molar-refractivity contribution in [3.8, 4) is 0 Å². The molecule has 0 saturated carbocycles. The summed E-state index contributed by atoms with van der Waals surface area (Å²) < 4.78 is 6.61. The molecule has 0 spiro atoms. The lowest BCUT2D eigenvalue weighted by atomic mass is 10.2. The highest BCUT2D eigenvalue weighted by Crippen LogP contribution is 2.26. The van der Waals surface area contributed by atoms with E-state index >= 15 is 0 Å². The maximum absolute atomic E-state index is 4.67. The fraction of sp³-hybridized carbons (Fsp3) is 0.312. The van der Waals surface area contributed by atoms with Crippen LogP contribution in [0, 0.1) is 0 Å². The van der Waals surface area contributed by atoms with Gasteiger partial charge in [0.25, 0.3) is 0 Å². The first kappa shape index (κ1) is 14.9. The molecule has 0 aliphatic carbocycles. The van der Waals surface area contributed by atoms with E-state index < -0.39 is 0 Å². The van der Waals surface area contributed by atoms with E-state index in [4.69, 9.17) is 0 Å². The van der Waals surface area contributed by atoms with Crippen LogP contribution in [-0.2, 0) is 19.5 Å². The average molecular weight is 411 g/mol. The molecule has 0 atom stereocenters. The molecule has 3 rings (SSSR count). The maximum Gasteiger partial charge on any atom is 0.0767 e. The van der Waals surface area contributed by atoms with Gasteiger partial charge in [-0.05, 0) is 52.9 Å². The van der Waals surface area contributed by atoms with Crippen LogP contribution < -0.4 is 0 Å². The molecule has 0 radical (unpaired) electrons. The normalized spacial score (nSPS) is 11.4. The van der Waals surface area contributed by atoms with E-state index in [2.05, 4.69) is 90.5 Å². The van der Waals surface area contributed by atoms with Crippen LogP contribution in [0.3, 0.4) is 0 Å². The summed E-state index contributed by atoms with van der Waals surface area (Å²) in [5.41, 5.74) is 3.59. The first-order chi connectivity index (χ1) is 10.1. The summed E-state index contributed by atoms with van der Waals surface area (Å²) in [5.74, 6) is 0. The first-order valence-corrected chi connectivity index (χ1v) is 8.71. The molecule has 2 aromatic heterocycles. The number of aryl methyl sites for hydroxylation is 2. The fourth-order valence-electron chi connectivity index (χ4n) is 2.62. The lowest BCUT2D eigenvalue weighted by Gasteiger charge is -2.09. The number of hydrogen-bond acceptors (Lipinski definition) is 1. The summed E-state index contributed by atoms with van der Waals surface area (Å²) in [4.78, 5) is 0. The summed E-state index contributed by atoms with van der Waals surface area (Å²) >= 11 is 7.28. The Morgan fingerprint density at radius 2 is 1.95 bits per heavy atom. The van der Waals surface area contributed by atoms with Gasteiger partial charge in [0.15, 0.2) is 0 Å². The van der Waals surface area contributed by atoms with Crippen molar-refractivity contribution < 1.29 is 0 Å². The first-order valence-electron chi connectivity index (χ1n) is 7.12. The van der Waals surface area contributed by atoms with Crippen molar-refractivity contribution in [2.45, 2.75) is 33.4 Å². The second-order valence-corrected chi connectivity index (χ2v) is 6.73. The van der Waals surface area contributed by atoms with E-state index in [-0.39, 0.29) is 0 Å². The van der Waals surface area contributed by atoms with Crippen molar-refractivity contribution in [1.82, 2.24) is 14.3 Å². The molecule has 1 aromatic carbocycles. The minimum absolute atomic E-state index is 0.821. The van der Waals surface area contributed by atoms with Crippen LogP contribution in [-0.4, -0.2) is 14.3 Å². The third-order valence-corrected chi connectivity index (χ3v) is 5.16. The molecule has 110 valence electrons. The number of nitrogens with zero attached hydrogens (tertiary/aromatic N) is 3. The number of rotatable bonds is 4. The Kier molecular flexibility index (Phi) is 4.22. The molecule has 0 saturated heterocycles. The highest BCUT2D eigenvalue weighted by molar-refractivity contribution is 9.10. The predicted molar refractivity (Wildman–Crippen MR) is 93.7 cm³/mol. The number of fused-ring (bicyclic) bond motifs is 1. The van der Waals surface area contributed by atoms with E-state index in [0.717, 1.165) is 34.1 Å². The van der Waals surface area contributed by atoms with Crippen LogP contribution in [0.5, 0.6) is 0 Å². The number of halogens is 2. The highest BCUT2D eigenvalue weighted by atomic mass is 79.9. The third kappa shape index (κ3) is 2.69. The molecule has 0 fully saturated rings. The van der Waals surface area contributed by atoms with Crippen molar-refractivity contribution in [3.05, 3.63) is 50.8 Å². The van der Waals surface area contributed by atoms with E-state index in [9.17, 15) is 0 Å². The van der Waals surface area contributed by atoms with Crippen LogP contribution in [0.2, 0.25) is 0 Å². The molecule has 2 heterocycles. The summed E-state index contributed by atoms with van der Waals surface area (Å²) in [6.07, 6.45) is 3.08. The van der Waals surface area contributed by atoms with Crippen molar-refractivity contribution in [2.24, 2.45) is 0 Å². The lowest BCUT2D eigenvalue weighted by molar-refractivity contribution is 0.598. The van der Waals surface area contributed by atoms with E-state index in [0.29, 0.717) is 0 Å². The Morgan fingerprint density at radius 1 is 1.14 bits per heavy atom. The number of aromatic nitrogens is 3. The predicted octanol–water partition coefficient (Wildman–Crippen LogP) is 4.99. The van der Waals surface area contributed by atoms with Gasteiger partial charge < -0.3 is 4.57 Å². The molecule has 0 aliphatic heterocycles. The van der Waals surface area contributed by atoms with Gasteiger partial charge in [0.1, 0.15) is 0 Å². The minimum atomic E-state index is 0.821. The second-order valence-electron chi connectivity index (χ2n) is 5.02. The standard InChI is InChI=1S/C16H17Br2N3/c1-3-13-16(18)15(21(4-2)19-13)10-20-8-7-11-5-6-12(17)9-14(11)20/h5-9H,3-4,10H2,1-2H3. The van der Waals surface area contributed by atoms with E-state index in [1.165, 1.54) is 16.6 Å². The quantitative estimate of drug-likeness (QED) is 0.593. The summed E-state index contributed by atoms with van der Waals surface area (Å²) in [6, 6.07) is 8.54. The summed E-state index contributed by atoms with van der Waals surface area (Å²) in [5, 5.41) is 5.93. The van der Waals surface area contributed by atoms with Crippen LogP contribution in [0.25, 0.3) is 10.9 Å². The topological polar surface area (TPSA) is 22.8 Å². The molecule has 0 bridgehead atoms. The van der Waals surface area contributed by atoms with Gasteiger partial charge in [-0.3, -0.25) is 4.68 Å². The van der Waals surface area contributed by atoms with Crippen molar-refractivity contribution in [3.63, 3.8) is 0 Å². The van der Waals surface area contributed by atoms with Crippen LogP contribution in [0.15, 0.2) is 39.4 Å². The van der Waals surface area contributed by atoms with Crippen LogP contribution in [0.1, 0.15) is 25.2 Å². The van der Waals surface area contributed by atoms with Crippen molar-refractivity contribution in [1.29, 1.82) is 0 Å². The summed E-state index contributed by atoms with van der Waals surface area (Å²) in [6.45, 7) is 5.98. The average Bonchev–Trinajstić information content (AvgIpc) is 3.01. The molecular formula is C16H17Br2N3. The zero-order chi connectivity index (χ0) is 15.0. The van der Waals surface area contributed by atoms with Crippen molar-refractivity contribution in [2.75, 3.05) is 0 Å². The number of benzene rings is 1. The molecule has 0 amide bonds. The molecule has 0 aliphatic rings. The second kappa shape index (κ2) is 5.97. The Labute approximate surface area is 141 Å². The molecule has 5 heteroatoms. The molecular weight excluding hydrogens is 394 g/mol. The zero-order valence-electron chi connectivity index (χ0n) is 12.1. The van der Waals surface area contributed by atoms with Gasteiger partial charge >= 0.3 is 0 Å². The van der Waals surface area contributed by atoms with Gasteiger partial charge in [0, 0.05) is 22.7 Å². The monoisotopic (exact) mass is 409 g/mol. The van der Waals surface area contributed by atoms with Gasteiger partial charge in [-0.2, -0.15) is 5.10 Å². The Hall–Kier alpha value is -1.07.